The first-order chi connectivity index (χ1) is 14.6. The third-order valence-electron chi connectivity index (χ3n) is 6.80. The van der Waals surface area contributed by atoms with Gasteiger partial charge in [0.2, 0.25) is 5.91 Å². The molecular formula is C25H36N4O. The van der Waals surface area contributed by atoms with Crippen LogP contribution in [-0.4, -0.2) is 40.2 Å². The maximum absolute atomic E-state index is 11.3. The van der Waals surface area contributed by atoms with E-state index in [0.29, 0.717) is 5.92 Å². The molecule has 0 spiro atoms. The smallest absolute Gasteiger partial charge is 0.216 e. The summed E-state index contributed by atoms with van der Waals surface area (Å²) in [6.45, 7) is 5.46. The Balaban J connectivity index is 1.44. The van der Waals surface area contributed by atoms with E-state index in [9.17, 15) is 4.79 Å². The summed E-state index contributed by atoms with van der Waals surface area (Å²) in [4.78, 5) is 13.8. The molecule has 0 bridgehead atoms. The second kappa shape index (κ2) is 9.78. The number of carbonyl (C=O) groups is 1. The van der Waals surface area contributed by atoms with Crippen LogP contribution in [0.1, 0.15) is 68.9 Å². The number of piperidine rings is 1. The van der Waals surface area contributed by atoms with E-state index >= 15 is 0 Å². The molecule has 0 radical (unpaired) electrons. The normalized spacial score (nSPS) is 20.9. The minimum absolute atomic E-state index is 0.0679. The van der Waals surface area contributed by atoms with Gasteiger partial charge in [-0.1, -0.05) is 43.5 Å². The van der Waals surface area contributed by atoms with E-state index < -0.39 is 0 Å². The number of nitrogens with one attached hydrogen (secondary N) is 1. The van der Waals surface area contributed by atoms with Gasteiger partial charge < -0.3 is 5.32 Å². The molecule has 1 aliphatic heterocycles. The number of amides is 1. The largest absolute Gasteiger partial charge is 0.356 e. The lowest BCUT2D eigenvalue weighted by atomic mass is 9.84. The number of carbonyl (C=O) groups excluding carboxylic acids is 1. The highest BCUT2D eigenvalue weighted by molar-refractivity contribution is 5.72. The average molecular weight is 409 g/mol. The van der Waals surface area contributed by atoms with E-state index in [1.165, 1.54) is 61.6 Å². The van der Waals surface area contributed by atoms with Crippen LogP contribution in [0.3, 0.4) is 0 Å². The van der Waals surface area contributed by atoms with Gasteiger partial charge in [0.1, 0.15) is 0 Å². The molecule has 1 N–H and O–H groups in total. The van der Waals surface area contributed by atoms with Crippen molar-refractivity contribution in [1.82, 2.24) is 20.0 Å². The van der Waals surface area contributed by atoms with E-state index in [0.717, 1.165) is 37.8 Å². The number of nitrogens with zero attached hydrogens (tertiary/aromatic N) is 3. The van der Waals surface area contributed by atoms with Crippen molar-refractivity contribution in [2.75, 3.05) is 19.6 Å². The monoisotopic (exact) mass is 408 g/mol. The molecule has 2 aromatic rings. The summed E-state index contributed by atoms with van der Waals surface area (Å²) < 4.78 is 1.94. The van der Waals surface area contributed by atoms with Crippen LogP contribution in [0, 0.1) is 5.92 Å². The van der Waals surface area contributed by atoms with Gasteiger partial charge in [0.15, 0.2) is 0 Å². The molecule has 5 heteroatoms. The Morgan fingerprint density at radius 3 is 2.60 bits per heavy atom. The molecule has 1 amide bonds. The molecule has 1 aromatic carbocycles. The van der Waals surface area contributed by atoms with E-state index in [-0.39, 0.29) is 5.91 Å². The molecule has 1 aromatic heterocycles. The highest BCUT2D eigenvalue weighted by Crippen LogP contribution is 2.34. The quantitative estimate of drug-likeness (QED) is 0.766. The van der Waals surface area contributed by atoms with Gasteiger partial charge >= 0.3 is 0 Å². The van der Waals surface area contributed by atoms with Crippen molar-refractivity contribution in [1.29, 1.82) is 0 Å². The van der Waals surface area contributed by atoms with E-state index in [1.54, 1.807) is 6.92 Å². The lowest BCUT2D eigenvalue weighted by Gasteiger charge is -2.32. The van der Waals surface area contributed by atoms with E-state index in [2.05, 4.69) is 40.7 Å². The summed E-state index contributed by atoms with van der Waals surface area (Å²) in [6.07, 6.45) is 11.4. The summed E-state index contributed by atoms with van der Waals surface area (Å²) in [5.41, 5.74) is 5.12. The molecule has 162 valence electrons. The lowest BCUT2D eigenvalue weighted by molar-refractivity contribution is -0.119. The molecule has 30 heavy (non-hydrogen) atoms. The minimum Gasteiger partial charge on any atom is -0.356 e. The van der Waals surface area contributed by atoms with Crippen LogP contribution in [0.2, 0.25) is 0 Å². The van der Waals surface area contributed by atoms with E-state index in [4.69, 9.17) is 5.10 Å². The first-order valence-corrected chi connectivity index (χ1v) is 11.7. The molecule has 1 atom stereocenters. The Morgan fingerprint density at radius 2 is 1.87 bits per heavy atom. The summed E-state index contributed by atoms with van der Waals surface area (Å²) >= 11 is 0. The van der Waals surface area contributed by atoms with Crippen molar-refractivity contribution in [3.63, 3.8) is 0 Å². The third kappa shape index (κ3) is 5.31. The zero-order valence-electron chi connectivity index (χ0n) is 18.6. The van der Waals surface area contributed by atoms with Crippen molar-refractivity contribution < 1.29 is 4.79 Å². The van der Waals surface area contributed by atoms with Crippen molar-refractivity contribution in [3.8, 4) is 11.3 Å². The van der Waals surface area contributed by atoms with Crippen LogP contribution >= 0.6 is 0 Å². The van der Waals surface area contributed by atoms with Crippen LogP contribution in [0.25, 0.3) is 11.3 Å². The van der Waals surface area contributed by atoms with Crippen LogP contribution < -0.4 is 5.32 Å². The van der Waals surface area contributed by atoms with Gasteiger partial charge in [-0.05, 0) is 49.6 Å². The van der Waals surface area contributed by atoms with Crippen LogP contribution in [0.4, 0.5) is 0 Å². The number of benzene rings is 1. The van der Waals surface area contributed by atoms with Gasteiger partial charge in [0, 0.05) is 50.9 Å². The minimum atomic E-state index is 0.0679. The Labute approximate surface area is 180 Å². The number of likely N-dealkylation sites (tertiary alicyclic amines) is 1. The van der Waals surface area contributed by atoms with Crippen molar-refractivity contribution >= 4 is 5.91 Å². The zero-order valence-corrected chi connectivity index (χ0v) is 18.6. The Kier molecular flexibility index (Phi) is 6.88. The number of rotatable bonds is 6. The SMILES string of the molecule is CC(=O)NC[C@H]1CCCN(Cc2cn(C)nc2-c2ccc(C3CCCCC3)cc2)C1. The number of aromatic nitrogens is 2. The Morgan fingerprint density at radius 1 is 1.10 bits per heavy atom. The summed E-state index contributed by atoms with van der Waals surface area (Å²) in [5.74, 6) is 1.35. The predicted octanol–water partition coefficient (Wildman–Crippen LogP) is 4.48. The van der Waals surface area contributed by atoms with Gasteiger partial charge in [-0.3, -0.25) is 14.4 Å². The Hall–Kier alpha value is -2.14. The maximum atomic E-state index is 11.3. The average Bonchev–Trinajstić information content (AvgIpc) is 3.13. The summed E-state index contributed by atoms with van der Waals surface area (Å²) in [7, 11) is 2.01. The molecule has 1 saturated heterocycles. The van der Waals surface area contributed by atoms with Crippen molar-refractivity contribution in [2.24, 2.45) is 13.0 Å². The van der Waals surface area contributed by atoms with Crippen LogP contribution in [0.5, 0.6) is 0 Å². The first-order valence-electron chi connectivity index (χ1n) is 11.7. The van der Waals surface area contributed by atoms with Crippen LogP contribution in [-0.2, 0) is 18.4 Å². The molecule has 2 fully saturated rings. The predicted molar refractivity (Wildman–Crippen MR) is 121 cm³/mol. The first kappa shape index (κ1) is 21.1. The fraction of sp³-hybridized carbons (Fsp3) is 0.600. The molecule has 2 heterocycles. The molecule has 1 saturated carbocycles. The molecule has 0 unspecified atom stereocenters. The van der Waals surface area contributed by atoms with Gasteiger partial charge in [-0.2, -0.15) is 5.10 Å². The molecular weight excluding hydrogens is 372 g/mol. The zero-order chi connectivity index (χ0) is 20.9. The Bertz CT molecular complexity index is 835. The topological polar surface area (TPSA) is 50.2 Å². The summed E-state index contributed by atoms with van der Waals surface area (Å²) in [5, 5.41) is 7.79. The second-order valence-electron chi connectivity index (χ2n) is 9.31. The number of aryl methyl sites for hydroxylation is 1. The van der Waals surface area contributed by atoms with Gasteiger partial charge in [-0.25, -0.2) is 0 Å². The molecule has 2 aliphatic rings. The van der Waals surface area contributed by atoms with Gasteiger partial charge in [0.05, 0.1) is 5.69 Å². The molecule has 5 nitrogen and oxygen atoms in total. The molecule has 4 rings (SSSR count). The van der Waals surface area contributed by atoms with Gasteiger partial charge in [-0.15, -0.1) is 0 Å². The third-order valence-corrected chi connectivity index (χ3v) is 6.80. The van der Waals surface area contributed by atoms with Crippen molar-refractivity contribution in [3.05, 3.63) is 41.6 Å². The highest BCUT2D eigenvalue weighted by atomic mass is 16.1. The standard InChI is InChI=1S/C25H36N4O/c1-19(30)26-15-20-7-6-14-29(16-20)18-24-17-28(2)27-25(24)23-12-10-22(11-13-23)21-8-4-3-5-9-21/h10-13,17,20-21H,3-9,14-16,18H2,1-2H3,(H,26,30)/t20-/m1/s1. The second-order valence-corrected chi connectivity index (χ2v) is 9.31. The number of hydrogen-bond donors (Lipinski definition) is 1. The highest BCUT2D eigenvalue weighted by Gasteiger charge is 2.22. The fourth-order valence-corrected chi connectivity index (χ4v) is 5.24. The lowest BCUT2D eigenvalue weighted by Crippen LogP contribution is -2.40. The maximum Gasteiger partial charge on any atom is 0.216 e. The van der Waals surface area contributed by atoms with Gasteiger partial charge in [0.25, 0.3) is 0 Å². The van der Waals surface area contributed by atoms with Crippen LogP contribution in [0.15, 0.2) is 30.5 Å². The molecule has 1 aliphatic carbocycles. The van der Waals surface area contributed by atoms with E-state index in [1.807, 2.05) is 11.7 Å². The summed E-state index contributed by atoms with van der Waals surface area (Å²) in [6, 6.07) is 9.19. The number of hydrogen-bond acceptors (Lipinski definition) is 3. The fourth-order valence-electron chi connectivity index (χ4n) is 5.24. The van der Waals surface area contributed by atoms with Crippen molar-refractivity contribution in [2.45, 2.75) is 64.3 Å².